The average molecular weight is 239 g/mol. The first-order valence-corrected chi connectivity index (χ1v) is 6.40. The maximum Gasteiger partial charge on any atom is 0.220 e. The molecule has 88 valence electrons. The second-order valence-electron chi connectivity index (χ2n) is 4.16. The number of hydrogen-bond donors (Lipinski definition) is 2. The molecular formula is C11H17N3OS. The van der Waals surface area contributed by atoms with Crippen LogP contribution in [-0.4, -0.2) is 23.5 Å². The summed E-state index contributed by atoms with van der Waals surface area (Å²) in [5.74, 6) is 0.169. The summed E-state index contributed by atoms with van der Waals surface area (Å²) in [4.78, 5) is 16.7. The summed E-state index contributed by atoms with van der Waals surface area (Å²) in [5.41, 5.74) is 1.12. The summed E-state index contributed by atoms with van der Waals surface area (Å²) in [6.45, 7) is 5.68. The van der Waals surface area contributed by atoms with Crippen molar-refractivity contribution < 1.29 is 4.79 Å². The number of carbonyl (C=O) groups is 1. The Morgan fingerprint density at radius 1 is 1.56 bits per heavy atom. The standard InChI is InChI=1S/C11H17N3OS/c1-7-10(16-8(2)14-7)6-12-9-3-4-11(15)13-5-9/h9,12H,3-6H2,1-2H3,(H,13,15). The van der Waals surface area contributed by atoms with E-state index >= 15 is 0 Å². The zero-order valence-corrected chi connectivity index (χ0v) is 10.5. The summed E-state index contributed by atoms with van der Waals surface area (Å²) < 4.78 is 0. The molecule has 2 N–H and O–H groups in total. The zero-order chi connectivity index (χ0) is 11.5. The summed E-state index contributed by atoms with van der Waals surface area (Å²) in [7, 11) is 0. The topological polar surface area (TPSA) is 54.0 Å². The highest BCUT2D eigenvalue weighted by atomic mass is 32.1. The average Bonchev–Trinajstić information content (AvgIpc) is 2.57. The van der Waals surface area contributed by atoms with E-state index in [1.165, 1.54) is 4.88 Å². The molecule has 16 heavy (non-hydrogen) atoms. The number of rotatable bonds is 3. The first-order valence-electron chi connectivity index (χ1n) is 5.58. The van der Waals surface area contributed by atoms with Crippen LogP contribution in [0, 0.1) is 13.8 Å². The highest BCUT2D eigenvalue weighted by molar-refractivity contribution is 7.11. The van der Waals surface area contributed by atoms with Crippen molar-refractivity contribution in [2.45, 2.75) is 39.3 Å². The normalized spacial score (nSPS) is 20.9. The van der Waals surface area contributed by atoms with Crippen LogP contribution in [-0.2, 0) is 11.3 Å². The number of amides is 1. The first-order chi connectivity index (χ1) is 7.65. The monoisotopic (exact) mass is 239 g/mol. The molecule has 4 nitrogen and oxygen atoms in total. The van der Waals surface area contributed by atoms with Gasteiger partial charge in [-0.3, -0.25) is 4.79 Å². The Labute approximate surface area is 99.5 Å². The number of aromatic nitrogens is 1. The molecule has 0 spiro atoms. The number of piperidine rings is 1. The molecule has 1 aliphatic rings. The molecule has 2 heterocycles. The number of aryl methyl sites for hydroxylation is 2. The van der Waals surface area contributed by atoms with Crippen LogP contribution in [0.2, 0.25) is 0 Å². The minimum absolute atomic E-state index is 0.169. The second-order valence-corrected chi connectivity index (χ2v) is 5.45. The van der Waals surface area contributed by atoms with Gasteiger partial charge in [0.1, 0.15) is 0 Å². The van der Waals surface area contributed by atoms with Crippen molar-refractivity contribution in [3.05, 3.63) is 15.6 Å². The third kappa shape index (κ3) is 2.80. The molecule has 1 aliphatic heterocycles. The Morgan fingerprint density at radius 3 is 2.94 bits per heavy atom. The summed E-state index contributed by atoms with van der Waals surface area (Å²) in [6.07, 6.45) is 1.57. The van der Waals surface area contributed by atoms with Gasteiger partial charge >= 0.3 is 0 Å². The van der Waals surface area contributed by atoms with Crippen LogP contribution in [0.25, 0.3) is 0 Å². The molecule has 0 aromatic carbocycles. The molecule has 1 unspecified atom stereocenters. The van der Waals surface area contributed by atoms with Gasteiger partial charge in [0.2, 0.25) is 5.91 Å². The summed E-state index contributed by atoms with van der Waals surface area (Å²) in [6, 6.07) is 0.402. The van der Waals surface area contributed by atoms with E-state index in [4.69, 9.17) is 0 Å². The fraction of sp³-hybridized carbons (Fsp3) is 0.636. The lowest BCUT2D eigenvalue weighted by molar-refractivity contribution is -0.122. The molecule has 1 aromatic rings. The minimum Gasteiger partial charge on any atom is -0.355 e. The molecule has 0 bridgehead atoms. The van der Waals surface area contributed by atoms with Gasteiger partial charge in [0.05, 0.1) is 10.7 Å². The van der Waals surface area contributed by atoms with E-state index in [1.807, 2.05) is 13.8 Å². The van der Waals surface area contributed by atoms with Crippen LogP contribution >= 0.6 is 11.3 Å². The van der Waals surface area contributed by atoms with Crippen LogP contribution in [0.4, 0.5) is 0 Å². The fourth-order valence-corrected chi connectivity index (χ4v) is 2.77. The van der Waals surface area contributed by atoms with Crippen molar-refractivity contribution in [1.29, 1.82) is 0 Å². The van der Waals surface area contributed by atoms with Crippen LogP contribution < -0.4 is 10.6 Å². The van der Waals surface area contributed by atoms with Crippen LogP contribution in [0.5, 0.6) is 0 Å². The van der Waals surface area contributed by atoms with Crippen molar-refractivity contribution in [3.63, 3.8) is 0 Å². The van der Waals surface area contributed by atoms with Crippen molar-refractivity contribution in [2.24, 2.45) is 0 Å². The predicted octanol–water partition coefficient (Wildman–Crippen LogP) is 1.13. The van der Waals surface area contributed by atoms with Crippen LogP contribution in [0.1, 0.15) is 28.4 Å². The Bertz CT molecular complexity index is 379. The van der Waals surface area contributed by atoms with Gasteiger partial charge in [-0.15, -0.1) is 11.3 Å². The van der Waals surface area contributed by atoms with Gasteiger partial charge in [0.15, 0.2) is 0 Å². The Morgan fingerprint density at radius 2 is 2.38 bits per heavy atom. The van der Waals surface area contributed by atoms with E-state index in [2.05, 4.69) is 15.6 Å². The molecule has 2 rings (SSSR count). The van der Waals surface area contributed by atoms with E-state index in [9.17, 15) is 4.79 Å². The van der Waals surface area contributed by atoms with Gasteiger partial charge in [0, 0.05) is 30.4 Å². The van der Waals surface area contributed by atoms with Crippen molar-refractivity contribution in [3.8, 4) is 0 Å². The van der Waals surface area contributed by atoms with Gasteiger partial charge < -0.3 is 10.6 Å². The van der Waals surface area contributed by atoms with Crippen molar-refractivity contribution >= 4 is 17.2 Å². The van der Waals surface area contributed by atoms with Crippen molar-refractivity contribution in [2.75, 3.05) is 6.54 Å². The quantitative estimate of drug-likeness (QED) is 0.831. The molecule has 5 heteroatoms. The van der Waals surface area contributed by atoms with Gasteiger partial charge in [-0.2, -0.15) is 0 Å². The maximum absolute atomic E-state index is 11.0. The molecule has 0 radical (unpaired) electrons. The number of hydrogen-bond acceptors (Lipinski definition) is 4. The number of carbonyl (C=O) groups excluding carboxylic acids is 1. The molecule has 0 saturated carbocycles. The molecule has 1 atom stereocenters. The zero-order valence-electron chi connectivity index (χ0n) is 9.67. The highest BCUT2D eigenvalue weighted by Gasteiger charge is 2.17. The second kappa shape index (κ2) is 4.93. The molecule has 0 aliphatic carbocycles. The highest BCUT2D eigenvalue weighted by Crippen LogP contribution is 2.17. The van der Waals surface area contributed by atoms with E-state index in [0.717, 1.165) is 30.2 Å². The number of nitrogens with one attached hydrogen (secondary N) is 2. The summed E-state index contributed by atoms with van der Waals surface area (Å²) >= 11 is 1.74. The van der Waals surface area contributed by atoms with Crippen LogP contribution in [0.3, 0.4) is 0 Å². The molecule has 1 fully saturated rings. The predicted molar refractivity (Wildman–Crippen MR) is 64.5 cm³/mol. The SMILES string of the molecule is Cc1nc(C)c(CNC2CCC(=O)NC2)s1. The van der Waals surface area contributed by atoms with E-state index in [-0.39, 0.29) is 5.91 Å². The van der Waals surface area contributed by atoms with Gasteiger partial charge in [-0.1, -0.05) is 0 Å². The third-order valence-electron chi connectivity index (χ3n) is 2.82. The lowest BCUT2D eigenvalue weighted by atomic mass is 10.1. The Kier molecular flexibility index (Phi) is 3.56. The minimum atomic E-state index is 0.169. The molecule has 1 aromatic heterocycles. The largest absolute Gasteiger partial charge is 0.355 e. The lowest BCUT2D eigenvalue weighted by Gasteiger charge is -2.23. The fourth-order valence-electron chi connectivity index (χ4n) is 1.88. The third-order valence-corrected chi connectivity index (χ3v) is 3.89. The van der Waals surface area contributed by atoms with Gasteiger partial charge in [0.25, 0.3) is 0 Å². The van der Waals surface area contributed by atoms with Crippen LogP contribution in [0.15, 0.2) is 0 Å². The van der Waals surface area contributed by atoms with E-state index in [1.54, 1.807) is 11.3 Å². The van der Waals surface area contributed by atoms with Gasteiger partial charge in [-0.25, -0.2) is 4.98 Å². The Balaban J connectivity index is 1.83. The Hall–Kier alpha value is -0.940. The molecule has 1 amide bonds. The number of nitrogens with zero attached hydrogens (tertiary/aromatic N) is 1. The summed E-state index contributed by atoms with van der Waals surface area (Å²) in [5, 5.41) is 7.46. The van der Waals surface area contributed by atoms with Gasteiger partial charge in [-0.05, 0) is 20.3 Å². The molecule has 1 saturated heterocycles. The lowest BCUT2D eigenvalue weighted by Crippen LogP contribution is -2.45. The number of thiazole rings is 1. The van der Waals surface area contributed by atoms with E-state index in [0.29, 0.717) is 12.5 Å². The van der Waals surface area contributed by atoms with E-state index < -0.39 is 0 Å². The smallest absolute Gasteiger partial charge is 0.220 e. The maximum atomic E-state index is 11.0. The molecular weight excluding hydrogens is 222 g/mol. The first kappa shape index (κ1) is 11.5. The van der Waals surface area contributed by atoms with Crippen molar-refractivity contribution in [1.82, 2.24) is 15.6 Å².